The first-order chi connectivity index (χ1) is 9.70. The molecule has 0 radical (unpaired) electrons. The SMILES string of the molecule is CC(NC(=O)c1ccc(C#CCO)s1)c1ccccn1. The van der Waals surface area contributed by atoms with Crippen molar-refractivity contribution < 1.29 is 9.90 Å². The van der Waals surface area contributed by atoms with Crippen LogP contribution in [0.2, 0.25) is 0 Å². The molecule has 0 saturated heterocycles. The van der Waals surface area contributed by atoms with Crippen molar-refractivity contribution >= 4 is 17.2 Å². The van der Waals surface area contributed by atoms with Gasteiger partial charge in [-0.05, 0) is 31.2 Å². The molecule has 0 bridgehead atoms. The Hall–Kier alpha value is -2.16. The number of thiophene rings is 1. The maximum atomic E-state index is 12.1. The minimum atomic E-state index is -0.184. The fourth-order valence-electron chi connectivity index (χ4n) is 1.63. The molecule has 4 nitrogen and oxygen atoms in total. The van der Waals surface area contributed by atoms with E-state index in [2.05, 4.69) is 22.1 Å². The molecule has 0 aliphatic heterocycles. The van der Waals surface area contributed by atoms with Gasteiger partial charge in [0.05, 0.1) is 21.5 Å². The molecule has 5 heteroatoms. The van der Waals surface area contributed by atoms with Crippen LogP contribution < -0.4 is 5.32 Å². The van der Waals surface area contributed by atoms with Crippen LogP contribution in [-0.4, -0.2) is 22.6 Å². The maximum Gasteiger partial charge on any atom is 0.261 e. The number of aliphatic hydroxyl groups excluding tert-OH is 1. The third-order valence-corrected chi connectivity index (χ3v) is 3.60. The summed E-state index contributed by atoms with van der Waals surface area (Å²) in [7, 11) is 0. The standard InChI is InChI=1S/C15H14N2O2S/c1-11(13-6-2-3-9-16-13)17-15(19)14-8-7-12(20-14)5-4-10-18/h2-3,6-9,11,18H,10H2,1H3,(H,17,19). The van der Waals surface area contributed by atoms with Gasteiger partial charge < -0.3 is 10.4 Å². The molecule has 1 unspecified atom stereocenters. The molecule has 1 amide bonds. The summed E-state index contributed by atoms with van der Waals surface area (Å²) in [6.07, 6.45) is 1.70. The number of carbonyl (C=O) groups is 1. The first-order valence-electron chi connectivity index (χ1n) is 6.12. The molecule has 0 saturated carbocycles. The van der Waals surface area contributed by atoms with Gasteiger partial charge in [0.25, 0.3) is 5.91 Å². The summed E-state index contributed by atoms with van der Waals surface area (Å²) in [6.45, 7) is 1.70. The van der Waals surface area contributed by atoms with Crippen LogP contribution in [0.15, 0.2) is 36.5 Å². The number of amides is 1. The van der Waals surface area contributed by atoms with Crippen LogP contribution in [0.4, 0.5) is 0 Å². The molecule has 2 N–H and O–H groups in total. The molecule has 102 valence electrons. The summed E-state index contributed by atoms with van der Waals surface area (Å²) in [5, 5.41) is 11.5. The van der Waals surface area contributed by atoms with E-state index in [1.54, 1.807) is 18.3 Å². The van der Waals surface area contributed by atoms with E-state index < -0.39 is 0 Å². The Morgan fingerprint density at radius 1 is 1.45 bits per heavy atom. The molecular formula is C15H14N2O2S. The van der Waals surface area contributed by atoms with E-state index in [1.807, 2.05) is 25.1 Å². The highest BCUT2D eigenvalue weighted by Gasteiger charge is 2.13. The number of hydrogen-bond donors (Lipinski definition) is 2. The Balaban J connectivity index is 2.03. The monoisotopic (exact) mass is 286 g/mol. The van der Waals surface area contributed by atoms with Gasteiger partial charge in [0, 0.05) is 6.20 Å². The van der Waals surface area contributed by atoms with Crippen molar-refractivity contribution in [1.82, 2.24) is 10.3 Å². The zero-order valence-electron chi connectivity index (χ0n) is 11.0. The quantitative estimate of drug-likeness (QED) is 0.848. The van der Waals surface area contributed by atoms with Crippen LogP contribution in [0.3, 0.4) is 0 Å². The van der Waals surface area contributed by atoms with E-state index in [-0.39, 0.29) is 18.6 Å². The van der Waals surface area contributed by atoms with E-state index in [0.29, 0.717) is 4.88 Å². The lowest BCUT2D eigenvalue weighted by Crippen LogP contribution is -2.26. The first kappa shape index (κ1) is 14.3. The smallest absolute Gasteiger partial charge is 0.261 e. The molecule has 2 aromatic heterocycles. The lowest BCUT2D eigenvalue weighted by molar-refractivity contribution is 0.0943. The van der Waals surface area contributed by atoms with Crippen LogP contribution in [0.25, 0.3) is 0 Å². The van der Waals surface area contributed by atoms with E-state index >= 15 is 0 Å². The maximum absolute atomic E-state index is 12.1. The zero-order chi connectivity index (χ0) is 14.4. The van der Waals surface area contributed by atoms with E-state index in [9.17, 15) is 4.79 Å². The van der Waals surface area contributed by atoms with E-state index in [1.165, 1.54) is 11.3 Å². The lowest BCUT2D eigenvalue weighted by atomic mass is 10.2. The normalized spacial score (nSPS) is 11.3. The van der Waals surface area contributed by atoms with Gasteiger partial charge in [0.2, 0.25) is 0 Å². The predicted molar refractivity (Wildman–Crippen MR) is 78.4 cm³/mol. The zero-order valence-corrected chi connectivity index (χ0v) is 11.8. The number of aromatic nitrogens is 1. The summed E-state index contributed by atoms with van der Waals surface area (Å²) in [5.74, 6) is 5.19. The Bertz CT molecular complexity index is 641. The van der Waals surface area contributed by atoms with Crippen molar-refractivity contribution in [3.05, 3.63) is 52.0 Å². The molecular weight excluding hydrogens is 272 g/mol. The summed E-state index contributed by atoms with van der Waals surface area (Å²) in [5.41, 5.74) is 0.817. The molecule has 0 aliphatic rings. The van der Waals surface area contributed by atoms with Crippen molar-refractivity contribution in [1.29, 1.82) is 0 Å². The highest BCUT2D eigenvalue weighted by atomic mass is 32.1. The first-order valence-corrected chi connectivity index (χ1v) is 6.93. The third kappa shape index (κ3) is 3.67. The Morgan fingerprint density at radius 3 is 3.00 bits per heavy atom. The number of nitrogens with one attached hydrogen (secondary N) is 1. The van der Waals surface area contributed by atoms with Gasteiger partial charge in [-0.2, -0.15) is 0 Å². The highest BCUT2D eigenvalue weighted by Crippen LogP contribution is 2.17. The number of nitrogens with zero attached hydrogens (tertiary/aromatic N) is 1. The van der Waals surface area contributed by atoms with Gasteiger partial charge in [-0.25, -0.2) is 0 Å². The molecule has 2 heterocycles. The Morgan fingerprint density at radius 2 is 2.30 bits per heavy atom. The van der Waals surface area contributed by atoms with Crippen molar-refractivity contribution in [3.63, 3.8) is 0 Å². The number of aliphatic hydroxyl groups is 1. The molecule has 0 spiro atoms. The molecule has 2 rings (SSSR count). The van der Waals surface area contributed by atoms with Crippen molar-refractivity contribution in [3.8, 4) is 11.8 Å². The number of carbonyl (C=O) groups excluding carboxylic acids is 1. The number of pyridine rings is 1. The Kier molecular flexibility index (Phi) is 4.88. The minimum absolute atomic E-state index is 0.148. The summed E-state index contributed by atoms with van der Waals surface area (Å²) in [4.78, 5) is 17.7. The van der Waals surface area contributed by atoms with Crippen LogP contribution in [0.5, 0.6) is 0 Å². The molecule has 0 aliphatic carbocycles. The predicted octanol–water partition coefficient (Wildman–Crippen LogP) is 1.98. The fourth-order valence-corrected chi connectivity index (χ4v) is 2.41. The van der Waals surface area contributed by atoms with Crippen molar-refractivity contribution in [2.45, 2.75) is 13.0 Å². The molecule has 1 atom stereocenters. The summed E-state index contributed by atoms with van der Waals surface area (Å²) < 4.78 is 0. The second kappa shape index (κ2) is 6.85. The van der Waals surface area contributed by atoms with Gasteiger partial charge in [-0.1, -0.05) is 17.9 Å². The molecule has 0 fully saturated rings. The average Bonchev–Trinajstić information content (AvgIpc) is 2.95. The summed E-state index contributed by atoms with van der Waals surface area (Å²) >= 11 is 1.30. The lowest BCUT2D eigenvalue weighted by Gasteiger charge is -2.12. The molecule has 20 heavy (non-hydrogen) atoms. The van der Waals surface area contributed by atoms with Gasteiger partial charge in [-0.15, -0.1) is 11.3 Å². The van der Waals surface area contributed by atoms with Gasteiger partial charge >= 0.3 is 0 Å². The Labute approximate surface area is 121 Å². The van der Waals surface area contributed by atoms with Crippen LogP contribution in [0.1, 0.15) is 33.2 Å². The average molecular weight is 286 g/mol. The second-order valence-corrected chi connectivity index (χ2v) is 5.16. The van der Waals surface area contributed by atoms with E-state index in [4.69, 9.17) is 5.11 Å². The molecule has 2 aromatic rings. The van der Waals surface area contributed by atoms with Crippen molar-refractivity contribution in [2.24, 2.45) is 0 Å². The molecule has 0 aromatic carbocycles. The number of rotatable bonds is 3. The van der Waals surface area contributed by atoms with Crippen LogP contribution in [0, 0.1) is 11.8 Å². The van der Waals surface area contributed by atoms with Crippen molar-refractivity contribution in [2.75, 3.05) is 6.61 Å². The second-order valence-electron chi connectivity index (χ2n) is 4.07. The summed E-state index contributed by atoms with van der Waals surface area (Å²) in [6, 6.07) is 8.94. The van der Waals surface area contributed by atoms with Crippen LogP contribution >= 0.6 is 11.3 Å². The fraction of sp³-hybridized carbons (Fsp3) is 0.200. The number of hydrogen-bond acceptors (Lipinski definition) is 4. The third-order valence-electron chi connectivity index (χ3n) is 2.60. The topological polar surface area (TPSA) is 62.2 Å². The minimum Gasteiger partial charge on any atom is -0.384 e. The van der Waals surface area contributed by atoms with Gasteiger partial charge in [0.1, 0.15) is 6.61 Å². The largest absolute Gasteiger partial charge is 0.384 e. The van der Waals surface area contributed by atoms with Crippen LogP contribution in [-0.2, 0) is 0 Å². The van der Waals surface area contributed by atoms with E-state index in [0.717, 1.165) is 10.6 Å². The van der Waals surface area contributed by atoms with Gasteiger partial charge in [-0.3, -0.25) is 9.78 Å². The van der Waals surface area contributed by atoms with Gasteiger partial charge in [0.15, 0.2) is 0 Å². The highest BCUT2D eigenvalue weighted by molar-refractivity contribution is 7.14.